The minimum atomic E-state index is 0.568. The van der Waals surface area contributed by atoms with Gasteiger partial charge in [-0.2, -0.15) is 0 Å². The van der Waals surface area contributed by atoms with Gasteiger partial charge in [0.15, 0.2) is 0 Å². The number of rotatable bonds is 3. The minimum Gasteiger partial charge on any atom is -0.373 e. The van der Waals surface area contributed by atoms with E-state index in [1.165, 1.54) is 56.2 Å². The SMILES string of the molecule is CCc1nc(C2CCCCCCC2)nc(NC)c1C. The van der Waals surface area contributed by atoms with Crippen molar-refractivity contribution in [3.63, 3.8) is 0 Å². The number of anilines is 1. The summed E-state index contributed by atoms with van der Waals surface area (Å²) >= 11 is 0. The molecule has 1 N–H and O–H groups in total. The van der Waals surface area contributed by atoms with E-state index in [9.17, 15) is 0 Å². The number of nitrogens with zero attached hydrogens (tertiary/aromatic N) is 2. The Morgan fingerprint density at radius 2 is 1.68 bits per heavy atom. The van der Waals surface area contributed by atoms with E-state index in [1.807, 2.05) is 7.05 Å². The Labute approximate surface area is 117 Å². The summed E-state index contributed by atoms with van der Waals surface area (Å²) in [5.74, 6) is 2.66. The molecule has 0 atom stereocenters. The molecule has 0 unspecified atom stereocenters. The third kappa shape index (κ3) is 3.46. The zero-order valence-electron chi connectivity index (χ0n) is 12.6. The molecule has 0 aliphatic heterocycles. The third-order valence-electron chi connectivity index (χ3n) is 4.31. The van der Waals surface area contributed by atoms with E-state index in [4.69, 9.17) is 9.97 Å². The first-order valence-corrected chi connectivity index (χ1v) is 7.81. The fraction of sp³-hybridized carbons (Fsp3) is 0.750. The van der Waals surface area contributed by atoms with Crippen molar-refractivity contribution in [1.29, 1.82) is 0 Å². The van der Waals surface area contributed by atoms with Gasteiger partial charge in [-0.1, -0.05) is 39.0 Å². The van der Waals surface area contributed by atoms with E-state index >= 15 is 0 Å². The standard InChI is InChI=1S/C16H27N3/c1-4-14-12(2)15(17-3)19-16(18-14)13-10-8-6-5-7-9-11-13/h13H,4-11H2,1-3H3,(H,17,18,19). The van der Waals surface area contributed by atoms with Crippen LogP contribution in [0.5, 0.6) is 0 Å². The molecule has 3 heteroatoms. The number of nitrogens with one attached hydrogen (secondary N) is 1. The maximum atomic E-state index is 4.84. The van der Waals surface area contributed by atoms with Crippen LogP contribution in [0.4, 0.5) is 5.82 Å². The monoisotopic (exact) mass is 261 g/mol. The second-order valence-corrected chi connectivity index (χ2v) is 5.65. The minimum absolute atomic E-state index is 0.568. The number of aromatic nitrogens is 2. The first-order chi connectivity index (χ1) is 9.26. The Kier molecular flexibility index (Phi) is 5.17. The van der Waals surface area contributed by atoms with E-state index in [-0.39, 0.29) is 0 Å². The summed E-state index contributed by atoms with van der Waals surface area (Å²) in [6.45, 7) is 4.29. The maximum Gasteiger partial charge on any atom is 0.134 e. The molecule has 1 saturated carbocycles. The lowest BCUT2D eigenvalue weighted by Crippen LogP contribution is -2.12. The lowest BCUT2D eigenvalue weighted by atomic mass is 9.90. The lowest BCUT2D eigenvalue weighted by Gasteiger charge is -2.20. The zero-order chi connectivity index (χ0) is 13.7. The predicted molar refractivity (Wildman–Crippen MR) is 80.8 cm³/mol. The average Bonchev–Trinajstić information content (AvgIpc) is 2.39. The van der Waals surface area contributed by atoms with Crippen LogP contribution in [0.2, 0.25) is 0 Å². The summed E-state index contributed by atoms with van der Waals surface area (Å²) < 4.78 is 0. The fourth-order valence-electron chi connectivity index (χ4n) is 3.07. The van der Waals surface area contributed by atoms with Crippen LogP contribution in [-0.2, 0) is 6.42 Å². The van der Waals surface area contributed by atoms with Crippen LogP contribution in [0, 0.1) is 6.92 Å². The van der Waals surface area contributed by atoms with Crippen molar-refractivity contribution in [2.75, 3.05) is 12.4 Å². The Hall–Kier alpha value is -1.12. The molecule has 1 aliphatic rings. The number of hydrogen-bond acceptors (Lipinski definition) is 3. The van der Waals surface area contributed by atoms with Crippen LogP contribution < -0.4 is 5.32 Å². The molecule has 0 saturated heterocycles. The Bertz CT molecular complexity index is 381. The van der Waals surface area contributed by atoms with E-state index in [0.29, 0.717) is 5.92 Å². The zero-order valence-corrected chi connectivity index (χ0v) is 12.6. The molecule has 1 aromatic rings. The number of aryl methyl sites for hydroxylation is 1. The highest BCUT2D eigenvalue weighted by molar-refractivity contribution is 5.45. The lowest BCUT2D eigenvalue weighted by molar-refractivity contribution is 0.441. The number of hydrogen-bond donors (Lipinski definition) is 1. The van der Waals surface area contributed by atoms with Gasteiger partial charge in [0.05, 0.1) is 0 Å². The highest BCUT2D eigenvalue weighted by Gasteiger charge is 2.18. The molecular weight excluding hydrogens is 234 g/mol. The molecule has 1 aromatic heterocycles. The second kappa shape index (κ2) is 6.88. The molecule has 0 bridgehead atoms. The van der Waals surface area contributed by atoms with Gasteiger partial charge in [0.2, 0.25) is 0 Å². The summed E-state index contributed by atoms with van der Waals surface area (Å²) in [5.41, 5.74) is 2.41. The maximum absolute atomic E-state index is 4.84. The summed E-state index contributed by atoms with van der Waals surface area (Å²) in [5, 5.41) is 3.23. The van der Waals surface area contributed by atoms with E-state index in [0.717, 1.165) is 18.1 Å². The molecule has 1 aliphatic carbocycles. The van der Waals surface area contributed by atoms with Crippen molar-refractivity contribution in [3.05, 3.63) is 17.1 Å². The average molecular weight is 261 g/mol. The van der Waals surface area contributed by atoms with Gasteiger partial charge in [0.1, 0.15) is 11.6 Å². The van der Waals surface area contributed by atoms with E-state index in [2.05, 4.69) is 19.2 Å². The molecule has 1 fully saturated rings. The Morgan fingerprint density at radius 1 is 1.05 bits per heavy atom. The highest BCUT2D eigenvalue weighted by atomic mass is 15.0. The quantitative estimate of drug-likeness (QED) is 0.885. The van der Waals surface area contributed by atoms with Crippen LogP contribution >= 0.6 is 0 Å². The molecule has 19 heavy (non-hydrogen) atoms. The summed E-state index contributed by atoms with van der Waals surface area (Å²) in [4.78, 5) is 9.62. The largest absolute Gasteiger partial charge is 0.373 e. The smallest absolute Gasteiger partial charge is 0.134 e. The molecule has 2 rings (SSSR count). The molecule has 0 aromatic carbocycles. The molecule has 0 radical (unpaired) electrons. The predicted octanol–water partition coefficient (Wildman–Crippen LogP) is 4.22. The normalized spacial score (nSPS) is 17.8. The fourth-order valence-corrected chi connectivity index (χ4v) is 3.07. The van der Waals surface area contributed by atoms with Crippen molar-refractivity contribution >= 4 is 5.82 Å². The van der Waals surface area contributed by atoms with Crippen LogP contribution in [0.1, 0.15) is 74.9 Å². The molecule has 1 heterocycles. The molecular formula is C16H27N3. The van der Waals surface area contributed by atoms with Crippen LogP contribution in [0.25, 0.3) is 0 Å². The van der Waals surface area contributed by atoms with Gasteiger partial charge < -0.3 is 5.32 Å². The van der Waals surface area contributed by atoms with Gasteiger partial charge in [0, 0.05) is 24.2 Å². The van der Waals surface area contributed by atoms with Crippen molar-refractivity contribution in [1.82, 2.24) is 9.97 Å². The van der Waals surface area contributed by atoms with Crippen LogP contribution in [0.15, 0.2) is 0 Å². The van der Waals surface area contributed by atoms with Crippen LogP contribution in [0.3, 0.4) is 0 Å². The molecule has 3 nitrogen and oxygen atoms in total. The van der Waals surface area contributed by atoms with E-state index < -0.39 is 0 Å². The summed E-state index contributed by atoms with van der Waals surface area (Å²) in [6.07, 6.45) is 10.3. The first-order valence-electron chi connectivity index (χ1n) is 7.81. The topological polar surface area (TPSA) is 37.8 Å². The van der Waals surface area contributed by atoms with Gasteiger partial charge >= 0.3 is 0 Å². The van der Waals surface area contributed by atoms with E-state index in [1.54, 1.807) is 0 Å². The third-order valence-corrected chi connectivity index (χ3v) is 4.31. The Morgan fingerprint density at radius 3 is 2.26 bits per heavy atom. The Balaban J connectivity index is 2.26. The van der Waals surface area contributed by atoms with Gasteiger partial charge in [-0.15, -0.1) is 0 Å². The summed E-state index contributed by atoms with van der Waals surface area (Å²) in [7, 11) is 1.96. The van der Waals surface area contributed by atoms with Gasteiger partial charge in [0.25, 0.3) is 0 Å². The molecule has 106 valence electrons. The molecule has 0 amide bonds. The van der Waals surface area contributed by atoms with Crippen molar-refractivity contribution in [3.8, 4) is 0 Å². The molecule has 0 spiro atoms. The highest BCUT2D eigenvalue weighted by Crippen LogP contribution is 2.30. The first kappa shape index (κ1) is 14.3. The van der Waals surface area contributed by atoms with Gasteiger partial charge in [-0.25, -0.2) is 9.97 Å². The van der Waals surface area contributed by atoms with Crippen molar-refractivity contribution in [2.24, 2.45) is 0 Å². The second-order valence-electron chi connectivity index (χ2n) is 5.65. The van der Waals surface area contributed by atoms with Gasteiger partial charge in [-0.3, -0.25) is 0 Å². The van der Waals surface area contributed by atoms with Crippen molar-refractivity contribution < 1.29 is 0 Å². The van der Waals surface area contributed by atoms with Gasteiger partial charge in [-0.05, 0) is 26.2 Å². The van der Waals surface area contributed by atoms with Crippen LogP contribution in [-0.4, -0.2) is 17.0 Å². The van der Waals surface area contributed by atoms with Crippen molar-refractivity contribution in [2.45, 2.75) is 71.1 Å². The summed E-state index contributed by atoms with van der Waals surface area (Å²) in [6, 6.07) is 0.